The van der Waals surface area contributed by atoms with Crippen molar-refractivity contribution < 1.29 is 33.7 Å². The third kappa shape index (κ3) is 3.82. The quantitative estimate of drug-likeness (QED) is 0.514. The number of hydrogen-bond donors (Lipinski definition) is 2. The number of rotatable bonds is 8. The summed E-state index contributed by atoms with van der Waals surface area (Å²) in [6.45, 7) is 7.81. The molecule has 0 saturated carbocycles. The van der Waals surface area contributed by atoms with Crippen LogP contribution in [0.15, 0.2) is 18.2 Å². The molecule has 0 spiro atoms. The van der Waals surface area contributed by atoms with Gasteiger partial charge in [0, 0.05) is 19.0 Å². The van der Waals surface area contributed by atoms with Crippen LogP contribution in [0.25, 0.3) is 0 Å². The highest BCUT2D eigenvalue weighted by Gasteiger charge is 2.73. The molecule has 4 atom stereocenters. The summed E-state index contributed by atoms with van der Waals surface area (Å²) in [7, 11) is 3.12. The number of piperazine rings is 1. The summed E-state index contributed by atoms with van der Waals surface area (Å²) < 4.78 is 16.8. The van der Waals surface area contributed by atoms with E-state index in [2.05, 4.69) is 5.32 Å². The summed E-state index contributed by atoms with van der Waals surface area (Å²) in [5.74, 6) is -3.21. The predicted molar refractivity (Wildman–Crippen MR) is 130 cm³/mol. The van der Waals surface area contributed by atoms with Crippen molar-refractivity contribution in [2.24, 2.45) is 11.8 Å². The molecule has 3 amide bonds. The Morgan fingerprint density at radius 1 is 1.19 bits per heavy atom. The van der Waals surface area contributed by atoms with E-state index in [1.165, 1.54) is 0 Å². The van der Waals surface area contributed by atoms with Crippen molar-refractivity contribution in [3.05, 3.63) is 23.8 Å². The van der Waals surface area contributed by atoms with Crippen LogP contribution in [0.4, 0.5) is 0 Å². The maximum Gasteiger partial charge on any atom is 0.275 e. The predicted octanol–water partition coefficient (Wildman–Crippen LogP) is 1.29. The van der Waals surface area contributed by atoms with Gasteiger partial charge in [0.05, 0.1) is 14.2 Å². The number of methoxy groups -OCH3 is 2. The van der Waals surface area contributed by atoms with E-state index in [-0.39, 0.29) is 18.4 Å². The number of fused-ring (bicyclic) bond motifs is 3. The molecule has 0 aliphatic carbocycles. The molecule has 10 nitrogen and oxygen atoms in total. The average molecular weight is 504 g/mol. The smallest absolute Gasteiger partial charge is 0.275 e. The van der Waals surface area contributed by atoms with Crippen molar-refractivity contribution in [2.45, 2.75) is 70.6 Å². The summed E-state index contributed by atoms with van der Waals surface area (Å²) in [6.07, 6.45) is 1.67. The highest BCUT2D eigenvalue weighted by molar-refractivity contribution is 6.11. The van der Waals surface area contributed by atoms with Gasteiger partial charge in [-0.25, -0.2) is 0 Å². The second-order valence-corrected chi connectivity index (χ2v) is 10.4. The second-order valence-electron chi connectivity index (χ2n) is 10.4. The molecule has 2 N–H and O–H groups in total. The fraction of sp³-hybridized carbons (Fsp3) is 0.654. The summed E-state index contributed by atoms with van der Waals surface area (Å²) >= 11 is 0. The first-order valence-corrected chi connectivity index (χ1v) is 12.6. The third-order valence-corrected chi connectivity index (χ3v) is 7.62. The molecule has 198 valence electrons. The fourth-order valence-electron chi connectivity index (χ4n) is 5.75. The zero-order valence-corrected chi connectivity index (χ0v) is 21.9. The first kappa shape index (κ1) is 26.2. The zero-order chi connectivity index (χ0) is 26.4. The van der Waals surface area contributed by atoms with Crippen LogP contribution in [-0.2, 0) is 25.5 Å². The number of benzene rings is 1. The van der Waals surface area contributed by atoms with Gasteiger partial charge in [-0.3, -0.25) is 19.3 Å². The van der Waals surface area contributed by atoms with E-state index in [1.54, 1.807) is 39.0 Å². The summed E-state index contributed by atoms with van der Waals surface area (Å²) in [5.41, 5.74) is -1.04. The van der Waals surface area contributed by atoms with E-state index in [0.717, 1.165) is 10.5 Å². The van der Waals surface area contributed by atoms with Crippen molar-refractivity contribution in [3.8, 4) is 11.5 Å². The molecule has 3 aliphatic rings. The Kier molecular flexibility index (Phi) is 6.96. The Morgan fingerprint density at radius 2 is 1.89 bits per heavy atom. The Hall–Kier alpha value is -2.85. The molecule has 1 aromatic carbocycles. The molecule has 3 fully saturated rings. The first-order chi connectivity index (χ1) is 17.0. The van der Waals surface area contributed by atoms with Crippen LogP contribution in [0.2, 0.25) is 0 Å². The largest absolute Gasteiger partial charge is 0.493 e. The molecule has 4 unspecified atom stereocenters. The topological polar surface area (TPSA) is 118 Å². The Morgan fingerprint density at radius 3 is 2.50 bits per heavy atom. The van der Waals surface area contributed by atoms with Crippen molar-refractivity contribution in [1.82, 2.24) is 15.1 Å². The lowest BCUT2D eigenvalue weighted by molar-refractivity contribution is -0.316. The average Bonchev–Trinajstić information content (AvgIpc) is 3.43. The van der Waals surface area contributed by atoms with Gasteiger partial charge in [0.15, 0.2) is 11.5 Å². The maximum atomic E-state index is 14.0. The minimum absolute atomic E-state index is 0.206. The highest BCUT2D eigenvalue weighted by Crippen LogP contribution is 2.49. The van der Waals surface area contributed by atoms with E-state index < -0.39 is 41.3 Å². The zero-order valence-electron chi connectivity index (χ0n) is 21.9. The van der Waals surface area contributed by atoms with Gasteiger partial charge < -0.3 is 29.5 Å². The highest BCUT2D eigenvalue weighted by atomic mass is 16.7. The Labute approximate surface area is 211 Å². The molecular weight excluding hydrogens is 466 g/mol. The van der Waals surface area contributed by atoms with Crippen LogP contribution in [-0.4, -0.2) is 83.5 Å². The molecule has 3 aliphatic heterocycles. The number of carbonyl (C=O) groups is 3. The third-order valence-electron chi connectivity index (χ3n) is 7.62. The molecule has 4 rings (SSSR count). The van der Waals surface area contributed by atoms with Gasteiger partial charge in [0.2, 0.25) is 11.5 Å². The molecule has 10 heteroatoms. The molecule has 1 aromatic rings. The van der Waals surface area contributed by atoms with Crippen molar-refractivity contribution in [2.75, 3.05) is 27.3 Å². The lowest BCUT2D eigenvalue weighted by atomic mass is 9.87. The molecule has 0 radical (unpaired) electrons. The molecule has 3 saturated heterocycles. The van der Waals surface area contributed by atoms with Gasteiger partial charge in [-0.2, -0.15) is 0 Å². The number of hydrogen-bond acceptors (Lipinski definition) is 7. The van der Waals surface area contributed by atoms with Crippen LogP contribution in [0, 0.1) is 11.8 Å². The van der Waals surface area contributed by atoms with E-state index >= 15 is 0 Å². The fourth-order valence-corrected chi connectivity index (χ4v) is 5.75. The van der Waals surface area contributed by atoms with Crippen LogP contribution in [0.1, 0.15) is 46.1 Å². The van der Waals surface area contributed by atoms with Crippen LogP contribution >= 0.6 is 0 Å². The normalized spacial score (nSPS) is 29.6. The number of nitrogens with zero attached hydrogens (tertiary/aromatic N) is 2. The van der Waals surface area contributed by atoms with Crippen molar-refractivity contribution in [1.29, 1.82) is 0 Å². The molecular formula is C26H37N3O7. The van der Waals surface area contributed by atoms with E-state index in [0.29, 0.717) is 37.3 Å². The monoisotopic (exact) mass is 503 g/mol. The second kappa shape index (κ2) is 9.55. The molecule has 36 heavy (non-hydrogen) atoms. The van der Waals surface area contributed by atoms with Crippen LogP contribution < -0.4 is 14.8 Å². The molecule has 3 heterocycles. The van der Waals surface area contributed by atoms with Gasteiger partial charge in [0.25, 0.3) is 17.7 Å². The summed E-state index contributed by atoms with van der Waals surface area (Å²) in [5, 5.41) is 14.7. The summed E-state index contributed by atoms with van der Waals surface area (Å²) in [6, 6.07) is 3.89. The van der Waals surface area contributed by atoms with E-state index in [4.69, 9.17) is 14.2 Å². The number of carbonyl (C=O) groups excluding carboxylic acids is 3. The lowest BCUT2D eigenvalue weighted by Gasteiger charge is -2.50. The molecule has 0 aromatic heterocycles. The number of aliphatic hydroxyl groups is 1. The maximum absolute atomic E-state index is 14.0. The minimum atomic E-state index is -2.05. The van der Waals surface area contributed by atoms with E-state index in [9.17, 15) is 19.5 Å². The van der Waals surface area contributed by atoms with Gasteiger partial charge in [-0.15, -0.1) is 0 Å². The SMILES string of the molecule is COc1ccc(CCNC(=O)C2(C(C)C)OC3(O)C4CCCN4C(=O)C(C(C)C)N3C2=O)cc1OC. The number of nitrogens with one attached hydrogen (secondary N) is 1. The van der Waals surface area contributed by atoms with Gasteiger partial charge in [0.1, 0.15) is 12.1 Å². The van der Waals surface area contributed by atoms with Gasteiger partial charge in [-0.05, 0) is 42.9 Å². The van der Waals surface area contributed by atoms with Crippen LogP contribution in [0.3, 0.4) is 0 Å². The van der Waals surface area contributed by atoms with Crippen molar-refractivity contribution >= 4 is 17.7 Å². The van der Waals surface area contributed by atoms with Gasteiger partial charge >= 0.3 is 0 Å². The minimum Gasteiger partial charge on any atom is -0.493 e. The number of ether oxygens (including phenoxy) is 3. The van der Waals surface area contributed by atoms with Crippen molar-refractivity contribution in [3.63, 3.8) is 0 Å². The standard InChI is InChI=1S/C26H37N3O7/c1-15(2)21-22(30)28-13-7-8-20(28)26(33)29(21)24(32)25(36-26,16(3)4)23(31)27-12-11-17-9-10-18(34-5)19(14-17)35-6/h9-10,14-16,20-21,33H,7-8,11-13H2,1-6H3,(H,27,31). The number of amides is 3. The summed E-state index contributed by atoms with van der Waals surface area (Å²) in [4.78, 5) is 43.7. The lowest BCUT2D eigenvalue weighted by Crippen LogP contribution is -2.72. The first-order valence-electron chi connectivity index (χ1n) is 12.6. The van der Waals surface area contributed by atoms with E-state index in [1.807, 2.05) is 26.0 Å². The Bertz CT molecular complexity index is 1040. The molecule has 0 bridgehead atoms. The Balaban J connectivity index is 1.59. The van der Waals surface area contributed by atoms with Gasteiger partial charge in [-0.1, -0.05) is 33.8 Å². The van der Waals surface area contributed by atoms with Crippen LogP contribution in [0.5, 0.6) is 11.5 Å².